The van der Waals surface area contributed by atoms with Crippen LogP contribution in [0, 0.1) is 43.4 Å². The van der Waals surface area contributed by atoms with E-state index < -0.39 is 23.7 Å². The molecule has 0 bridgehead atoms. The zero-order valence-corrected chi connectivity index (χ0v) is 15.6. The fourth-order valence-electron chi connectivity index (χ4n) is 4.17. The molecule has 1 unspecified atom stereocenters. The zero-order chi connectivity index (χ0) is 19.5. The molecule has 3 amide bonds. The van der Waals surface area contributed by atoms with Gasteiger partial charge in [-0.1, -0.05) is 31.4 Å². The van der Waals surface area contributed by atoms with Gasteiger partial charge in [-0.05, 0) is 56.6 Å². The SMILES string of the molecule is O=C(NC1CCCCC1)C([C]1[CH][CH][CH][CH]1)C1C(=O)Nc2ccccc2NC1=O. The minimum absolute atomic E-state index is 0.104. The number of anilines is 2. The molecule has 0 saturated heterocycles. The van der Waals surface area contributed by atoms with Gasteiger partial charge >= 0.3 is 0 Å². The van der Waals surface area contributed by atoms with E-state index in [1.54, 1.807) is 37.1 Å². The molecule has 3 aliphatic rings. The van der Waals surface area contributed by atoms with E-state index in [1.807, 2.05) is 12.8 Å². The Labute approximate surface area is 165 Å². The monoisotopic (exact) mass is 378 g/mol. The Bertz CT molecular complexity index is 714. The first kappa shape index (κ1) is 19.0. The summed E-state index contributed by atoms with van der Waals surface area (Å²) in [6, 6.07) is 7.14. The van der Waals surface area contributed by atoms with Crippen molar-refractivity contribution in [1.29, 1.82) is 0 Å². The third-order valence-corrected chi connectivity index (χ3v) is 5.62. The number of carbonyl (C=O) groups is 3. The van der Waals surface area contributed by atoms with Crippen molar-refractivity contribution in [3.63, 3.8) is 0 Å². The van der Waals surface area contributed by atoms with Crippen LogP contribution in [0.4, 0.5) is 11.4 Å². The molecule has 1 aliphatic heterocycles. The van der Waals surface area contributed by atoms with E-state index in [4.69, 9.17) is 0 Å². The van der Waals surface area contributed by atoms with Gasteiger partial charge in [0.05, 0.1) is 17.3 Å². The first-order valence-corrected chi connectivity index (χ1v) is 9.86. The maximum absolute atomic E-state index is 13.2. The summed E-state index contributed by atoms with van der Waals surface area (Å²) >= 11 is 0. The lowest BCUT2D eigenvalue weighted by molar-refractivity contribution is -0.138. The minimum atomic E-state index is -1.14. The summed E-state index contributed by atoms with van der Waals surface area (Å²) in [6.07, 6.45) is 12.5. The van der Waals surface area contributed by atoms with Gasteiger partial charge in [0.25, 0.3) is 0 Å². The van der Waals surface area contributed by atoms with Gasteiger partial charge in [-0.2, -0.15) is 0 Å². The van der Waals surface area contributed by atoms with Crippen LogP contribution in [0.2, 0.25) is 0 Å². The van der Waals surface area contributed by atoms with Crippen LogP contribution in [0.3, 0.4) is 0 Å². The molecule has 28 heavy (non-hydrogen) atoms. The number of fused-ring (bicyclic) bond motifs is 1. The first-order chi connectivity index (χ1) is 13.6. The Kier molecular flexibility index (Phi) is 5.64. The first-order valence-electron chi connectivity index (χ1n) is 9.86. The highest BCUT2D eigenvalue weighted by Gasteiger charge is 2.46. The largest absolute Gasteiger partial charge is 0.353 e. The quantitative estimate of drug-likeness (QED) is 0.704. The summed E-state index contributed by atoms with van der Waals surface area (Å²) in [5.74, 6) is -2.53. The van der Waals surface area contributed by atoms with Crippen molar-refractivity contribution in [2.75, 3.05) is 10.6 Å². The number of carbonyl (C=O) groups excluding carboxylic acids is 3. The fraction of sp³-hybridized carbons (Fsp3) is 0.364. The molecule has 3 N–H and O–H groups in total. The van der Waals surface area contributed by atoms with Crippen molar-refractivity contribution in [3.05, 3.63) is 55.9 Å². The van der Waals surface area contributed by atoms with Gasteiger partial charge in [-0.3, -0.25) is 14.4 Å². The molecule has 145 valence electrons. The highest BCUT2D eigenvalue weighted by Crippen LogP contribution is 2.38. The molecule has 6 nitrogen and oxygen atoms in total. The maximum Gasteiger partial charge on any atom is 0.237 e. The molecule has 2 aliphatic carbocycles. The second-order valence-corrected chi connectivity index (χ2v) is 7.54. The van der Waals surface area contributed by atoms with Gasteiger partial charge < -0.3 is 16.0 Å². The third kappa shape index (κ3) is 3.91. The number of para-hydroxylation sites is 2. The van der Waals surface area contributed by atoms with Gasteiger partial charge in [0, 0.05) is 6.04 Å². The van der Waals surface area contributed by atoms with E-state index in [0.29, 0.717) is 17.3 Å². The minimum Gasteiger partial charge on any atom is -0.353 e. The Hall–Kier alpha value is -2.37. The van der Waals surface area contributed by atoms with E-state index in [1.165, 1.54) is 6.42 Å². The van der Waals surface area contributed by atoms with Crippen molar-refractivity contribution >= 4 is 29.1 Å². The predicted molar refractivity (Wildman–Crippen MR) is 106 cm³/mol. The smallest absolute Gasteiger partial charge is 0.237 e. The normalized spacial score (nSPS) is 22.7. The molecule has 6 heteroatoms. The van der Waals surface area contributed by atoms with Gasteiger partial charge in [-0.15, -0.1) is 0 Å². The molecule has 0 aromatic heterocycles. The topological polar surface area (TPSA) is 87.3 Å². The number of hydrogen-bond acceptors (Lipinski definition) is 3. The van der Waals surface area contributed by atoms with E-state index in [9.17, 15) is 14.4 Å². The molecule has 0 spiro atoms. The summed E-state index contributed by atoms with van der Waals surface area (Å²) in [4.78, 5) is 39.2. The lowest BCUT2D eigenvalue weighted by atomic mass is 9.78. The van der Waals surface area contributed by atoms with E-state index >= 15 is 0 Å². The molecule has 2 fully saturated rings. The Morgan fingerprint density at radius 1 is 0.929 bits per heavy atom. The van der Waals surface area contributed by atoms with Crippen LogP contribution in [0.5, 0.6) is 0 Å². The lowest BCUT2D eigenvalue weighted by Crippen LogP contribution is -2.49. The Morgan fingerprint density at radius 3 is 2.07 bits per heavy atom. The number of rotatable bonds is 4. The van der Waals surface area contributed by atoms with Crippen LogP contribution in [-0.4, -0.2) is 23.8 Å². The van der Waals surface area contributed by atoms with Crippen LogP contribution in [0.1, 0.15) is 32.1 Å². The number of amides is 3. The van der Waals surface area contributed by atoms with Crippen LogP contribution in [0.25, 0.3) is 0 Å². The van der Waals surface area contributed by atoms with E-state index in [2.05, 4.69) is 16.0 Å². The predicted octanol–water partition coefficient (Wildman–Crippen LogP) is 2.66. The van der Waals surface area contributed by atoms with Gasteiger partial charge in [0.2, 0.25) is 17.7 Å². The van der Waals surface area contributed by atoms with E-state index in [0.717, 1.165) is 25.7 Å². The van der Waals surface area contributed by atoms with Gasteiger partial charge in [0.15, 0.2) is 0 Å². The standard InChI is InChI=1S/C22H24N3O3/c26-20(23-15-10-2-1-3-11-15)18(14-8-4-5-9-14)19-21(27)24-16-12-6-7-13-17(16)25-22(19)28/h4-9,12-13,15,18-19H,1-3,10-11H2,(H,23,26)(H,24,27)(H,25,28). The van der Waals surface area contributed by atoms with Crippen molar-refractivity contribution in [2.24, 2.45) is 11.8 Å². The summed E-state index contributed by atoms with van der Waals surface area (Å²) in [7, 11) is 0. The zero-order valence-electron chi connectivity index (χ0n) is 15.6. The molecule has 5 radical (unpaired) electrons. The van der Waals surface area contributed by atoms with Crippen LogP contribution < -0.4 is 16.0 Å². The number of nitrogens with one attached hydrogen (secondary N) is 3. The fourth-order valence-corrected chi connectivity index (χ4v) is 4.17. The van der Waals surface area contributed by atoms with Crippen molar-refractivity contribution < 1.29 is 14.4 Å². The second-order valence-electron chi connectivity index (χ2n) is 7.54. The maximum atomic E-state index is 13.2. The van der Waals surface area contributed by atoms with Crippen LogP contribution >= 0.6 is 0 Å². The van der Waals surface area contributed by atoms with Crippen LogP contribution in [0.15, 0.2) is 24.3 Å². The molecule has 1 aromatic carbocycles. The third-order valence-electron chi connectivity index (χ3n) is 5.62. The highest BCUT2D eigenvalue weighted by molar-refractivity contribution is 6.17. The average Bonchev–Trinajstić information content (AvgIpc) is 3.18. The number of benzene rings is 1. The van der Waals surface area contributed by atoms with Crippen molar-refractivity contribution in [1.82, 2.24) is 5.32 Å². The highest BCUT2D eigenvalue weighted by atomic mass is 16.2. The molecule has 1 atom stereocenters. The Balaban J connectivity index is 1.59. The Morgan fingerprint density at radius 2 is 1.50 bits per heavy atom. The number of hydrogen-bond donors (Lipinski definition) is 3. The molecule has 2 saturated carbocycles. The summed E-state index contributed by atoms with van der Waals surface area (Å²) in [5.41, 5.74) is 1.08. The second kappa shape index (κ2) is 8.33. The summed E-state index contributed by atoms with van der Waals surface area (Å²) < 4.78 is 0. The molecule has 1 aromatic rings. The molecule has 4 rings (SSSR count). The van der Waals surface area contributed by atoms with Crippen molar-refractivity contribution in [2.45, 2.75) is 38.1 Å². The van der Waals surface area contributed by atoms with Gasteiger partial charge in [-0.25, -0.2) is 0 Å². The van der Waals surface area contributed by atoms with E-state index in [-0.39, 0.29) is 11.9 Å². The average molecular weight is 378 g/mol. The summed E-state index contributed by atoms with van der Waals surface area (Å²) in [5, 5.41) is 8.69. The van der Waals surface area contributed by atoms with Crippen LogP contribution in [-0.2, 0) is 14.4 Å². The molecular weight excluding hydrogens is 354 g/mol. The lowest BCUT2D eigenvalue weighted by Gasteiger charge is -2.30. The molecule has 1 heterocycles. The summed E-state index contributed by atoms with van der Waals surface area (Å²) in [6.45, 7) is 0. The van der Waals surface area contributed by atoms with Crippen molar-refractivity contribution in [3.8, 4) is 0 Å². The van der Waals surface area contributed by atoms with Gasteiger partial charge in [0.1, 0.15) is 5.92 Å². The molecular formula is C22H24N3O3.